The first-order chi connectivity index (χ1) is 21.7. The van der Waals surface area contributed by atoms with Crippen molar-refractivity contribution in [2.75, 3.05) is 0 Å². The van der Waals surface area contributed by atoms with Gasteiger partial charge in [-0.15, -0.1) is 0 Å². The highest BCUT2D eigenvalue weighted by Crippen LogP contribution is 2.38. The van der Waals surface area contributed by atoms with E-state index in [4.69, 9.17) is 21.6 Å². The van der Waals surface area contributed by atoms with Crippen molar-refractivity contribution in [2.45, 2.75) is 73.6 Å². The predicted molar refractivity (Wildman–Crippen MR) is 192 cm³/mol. The van der Waals surface area contributed by atoms with Gasteiger partial charge in [0, 0.05) is 26.9 Å². The molecule has 0 spiro atoms. The highest BCUT2D eigenvalue weighted by molar-refractivity contribution is 6.35. The zero-order chi connectivity index (χ0) is 31.4. The van der Waals surface area contributed by atoms with Gasteiger partial charge in [0.2, 0.25) is 0 Å². The highest BCUT2D eigenvalue weighted by atomic mass is 35.5. The second kappa shape index (κ2) is 11.7. The number of pyridine rings is 2. The molecule has 0 amide bonds. The van der Waals surface area contributed by atoms with Gasteiger partial charge in [0.1, 0.15) is 0 Å². The molecule has 0 saturated carbocycles. The third-order valence-corrected chi connectivity index (χ3v) is 9.90. The maximum absolute atomic E-state index is 6.31. The van der Waals surface area contributed by atoms with Crippen LogP contribution in [0.3, 0.4) is 0 Å². The summed E-state index contributed by atoms with van der Waals surface area (Å²) in [5.74, 6) is 0.664. The summed E-state index contributed by atoms with van der Waals surface area (Å²) in [5.41, 5.74) is 19.6. The molecule has 0 saturated heterocycles. The molecule has 45 heavy (non-hydrogen) atoms. The summed E-state index contributed by atoms with van der Waals surface area (Å²) in [6.45, 7) is 13.3. The van der Waals surface area contributed by atoms with Crippen LogP contribution in [-0.2, 0) is 32.1 Å². The lowest BCUT2D eigenvalue weighted by Crippen LogP contribution is -2.08. The molecule has 2 aromatic heterocycles. The van der Waals surface area contributed by atoms with Gasteiger partial charge in [-0.05, 0) is 147 Å². The largest absolute Gasteiger partial charge is 0.247 e. The van der Waals surface area contributed by atoms with E-state index in [1.54, 1.807) is 0 Å². The number of aromatic nitrogens is 2. The van der Waals surface area contributed by atoms with E-state index in [1.165, 1.54) is 72.3 Å². The number of aryl methyl sites for hydroxylation is 6. The zero-order valence-corrected chi connectivity index (χ0v) is 28.1. The van der Waals surface area contributed by atoms with Crippen LogP contribution in [0.5, 0.6) is 0 Å². The Kier molecular flexibility index (Phi) is 7.74. The minimum atomic E-state index is 0.664. The van der Waals surface area contributed by atoms with Gasteiger partial charge in [-0.3, -0.25) is 0 Å². The Morgan fingerprint density at radius 3 is 1.69 bits per heavy atom. The van der Waals surface area contributed by atoms with Crippen LogP contribution in [0.15, 0.2) is 72.8 Å². The Balaban J connectivity index is 0.000000146. The lowest BCUT2D eigenvalue weighted by atomic mass is 9.84. The van der Waals surface area contributed by atoms with Gasteiger partial charge in [0.05, 0.1) is 22.4 Å². The van der Waals surface area contributed by atoms with Crippen LogP contribution in [0.1, 0.15) is 63.9 Å². The molecule has 0 aliphatic heterocycles. The van der Waals surface area contributed by atoms with E-state index in [0.717, 1.165) is 59.2 Å². The second-order valence-corrected chi connectivity index (χ2v) is 14.0. The second-order valence-electron chi connectivity index (χ2n) is 13.6. The number of hydrogen-bond acceptors (Lipinski definition) is 2. The quantitative estimate of drug-likeness (QED) is 0.195. The SMILES string of the molecule is Cc1cc(C)c2c(c1)-c1nc3cccc(CC(C)C)c3cc1CC2.Cc1cc(C)c2c(c1)-c1nc3cccc(Cl)c3cc1CC2. The third-order valence-electron chi connectivity index (χ3n) is 9.57. The van der Waals surface area contributed by atoms with E-state index in [9.17, 15) is 0 Å². The Morgan fingerprint density at radius 2 is 1.13 bits per heavy atom. The van der Waals surface area contributed by atoms with Gasteiger partial charge in [-0.1, -0.05) is 66.9 Å². The summed E-state index contributed by atoms with van der Waals surface area (Å²) in [6, 6.07) is 26.3. The van der Waals surface area contributed by atoms with Gasteiger partial charge in [0.15, 0.2) is 0 Å². The maximum atomic E-state index is 6.31. The molecule has 0 unspecified atom stereocenters. The van der Waals surface area contributed by atoms with E-state index in [1.807, 2.05) is 18.2 Å². The van der Waals surface area contributed by atoms with Crippen molar-refractivity contribution < 1.29 is 0 Å². The molecule has 2 heterocycles. The van der Waals surface area contributed by atoms with Gasteiger partial charge < -0.3 is 0 Å². The first kappa shape index (κ1) is 29.7. The Bertz CT molecular complexity index is 2120. The molecule has 2 nitrogen and oxygen atoms in total. The molecule has 0 N–H and O–H groups in total. The summed E-state index contributed by atoms with van der Waals surface area (Å²) < 4.78 is 0. The summed E-state index contributed by atoms with van der Waals surface area (Å²) in [5, 5.41) is 3.19. The molecule has 226 valence electrons. The molecule has 2 aliphatic carbocycles. The monoisotopic (exact) mass is 608 g/mol. The van der Waals surface area contributed by atoms with Gasteiger partial charge >= 0.3 is 0 Å². The first-order valence-corrected chi connectivity index (χ1v) is 16.7. The van der Waals surface area contributed by atoms with Crippen molar-refractivity contribution in [3.8, 4) is 22.5 Å². The lowest BCUT2D eigenvalue weighted by Gasteiger charge is -2.22. The Labute approximate surface area is 272 Å². The number of benzene rings is 4. The number of fused-ring (bicyclic) bond motifs is 8. The molecular weight excluding hydrogens is 568 g/mol. The molecule has 8 rings (SSSR count). The van der Waals surface area contributed by atoms with Gasteiger partial charge in [-0.25, -0.2) is 9.97 Å². The molecular formula is C42H41ClN2. The summed E-state index contributed by atoms with van der Waals surface area (Å²) in [6.07, 6.45) is 5.48. The molecule has 0 atom stereocenters. The van der Waals surface area contributed by atoms with Crippen molar-refractivity contribution in [2.24, 2.45) is 5.92 Å². The van der Waals surface area contributed by atoms with Crippen molar-refractivity contribution in [1.82, 2.24) is 9.97 Å². The number of hydrogen-bond donors (Lipinski definition) is 0. The van der Waals surface area contributed by atoms with Gasteiger partial charge in [0.25, 0.3) is 0 Å². The molecule has 0 fully saturated rings. The van der Waals surface area contributed by atoms with Crippen LogP contribution >= 0.6 is 11.6 Å². The molecule has 2 aliphatic rings. The van der Waals surface area contributed by atoms with E-state index in [2.05, 4.69) is 96.1 Å². The van der Waals surface area contributed by atoms with Crippen LogP contribution in [0, 0.1) is 33.6 Å². The maximum Gasteiger partial charge on any atom is 0.0744 e. The van der Waals surface area contributed by atoms with E-state index in [0.29, 0.717) is 5.92 Å². The van der Waals surface area contributed by atoms with Crippen LogP contribution < -0.4 is 0 Å². The van der Waals surface area contributed by atoms with E-state index in [-0.39, 0.29) is 0 Å². The first-order valence-electron chi connectivity index (χ1n) is 16.4. The Morgan fingerprint density at radius 1 is 0.622 bits per heavy atom. The molecule has 4 aromatic carbocycles. The predicted octanol–water partition coefficient (Wildman–Crippen LogP) is 11.1. The zero-order valence-electron chi connectivity index (χ0n) is 27.3. The number of halogens is 1. The molecule has 6 aromatic rings. The molecule has 3 heteroatoms. The number of nitrogens with zero attached hydrogens (tertiary/aromatic N) is 2. The van der Waals surface area contributed by atoms with Crippen molar-refractivity contribution in [1.29, 1.82) is 0 Å². The topological polar surface area (TPSA) is 25.8 Å². The number of rotatable bonds is 2. The van der Waals surface area contributed by atoms with E-state index >= 15 is 0 Å². The minimum Gasteiger partial charge on any atom is -0.247 e. The Hall–Kier alpha value is -4.01. The average molecular weight is 609 g/mol. The minimum absolute atomic E-state index is 0.664. The van der Waals surface area contributed by atoms with Crippen LogP contribution in [-0.4, -0.2) is 9.97 Å². The standard InChI is InChI=1S/C23H25N.C19H16ClN/c1-14(2)10-17-6-5-7-22-20(17)13-18-8-9-19-16(4)11-15(3)12-21(19)23(18)24-22;1-11-8-12(2)14-7-6-13-10-16-17(20)4-3-5-18(16)21-19(13)15(14)9-11/h5-7,11-14H,8-10H2,1-4H3;3-5,8-10H,6-7H2,1-2H3. The van der Waals surface area contributed by atoms with Crippen LogP contribution in [0.4, 0.5) is 0 Å². The fourth-order valence-electron chi connectivity index (χ4n) is 7.57. The summed E-state index contributed by atoms with van der Waals surface area (Å²) in [4.78, 5) is 10.0. The summed E-state index contributed by atoms with van der Waals surface area (Å²) >= 11 is 6.31. The molecule has 0 radical (unpaired) electrons. The fraction of sp³-hybridized carbons (Fsp3) is 0.286. The highest BCUT2D eigenvalue weighted by Gasteiger charge is 2.22. The fourth-order valence-corrected chi connectivity index (χ4v) is 7.79. The van der Waals surface area contributed by atoms with Gasteiger partial charge in [-0.2, -0.15) is 0 Å². The summed E-state index contributed by atoms with van der Waals surface area (Å²) in [7, 11) is 0. The average Bonchev–Trinajstić information content (AvgIpc) is 3.00. The van der Waals surface area contributed by atoms with Crippen molar-refractivity contribution >= 4 is 33.4 Å². The van der Waals surface area contributed by atoms with Crippen LogP contribution in [0.2, 0.25) is 5.02 Å². The normalized spacial score (nSPS) is 13.2. The smallest absolute Gasteiger partial charge is 0.0744 e. The third kappa shape index (κ3) is 5.55. The van der Waals surface area contributed by atoms with Crippen LogP contribution in [0.25, 0.3) is 44.3 Å². The van der Waals surface area contributed by atoms with Crippen molar-refractivity contribution in [3.05, 3.63) is 128 Å². The van der Waals surface area contributed by atoms with E-state index < -0.39 is 0 Å². The lowest BCUT2D eigenvalue weighted by molar-refractivity contribution is 0.650. The van der Waals surface area contributed by atoms with Crippen molar-refractivity contribution in [3.63, 3.8) is 0 Å². The molecule has 0 bridgehead atoms.